The van der Waals surface area contributed by atoms with Gasteiger partial charge in [-0.2, -0.15) is 0 Å². The largest absolute Gasteiger partial charge is 0.493 e. The van der Waals surface area contributed by atoms with Gasteiger partial charge in [0, 0.05) is 24.5 Å². The summed E-state index contributed by atoms with van der Waals surface area (Å²) in [4.78, 5) is 12.4. The minimum Gasteiger partial charge on any atom is -0.493 e. The Bertz CT molecular complexity index is 1280. The second kappa shape index (κ2) is 12.5. The Labute approximate surface area is 216 Å². The van der Waals surface area contributed by atoms with Crippen LogP contribution in [0.15, 0.2) is 66.7 Å². The summed E-state index contributed by atoms with van der Waals surface area (Å²) in [5.41, 5.74) is 1.15. The predicted molar refractivity (Wildman–Crippen MR) is 141 cm³/mol. The summed E-state index contributed by atoms with van der Waals surface area (Å²) in [7, 11) is -0.579. The lowest BCUT2D eigenvalue weighted by Gasteiger charge is -2.25. The third-order valence-electron chi connectivity index (χ3n) is 5.26. The highest BCUT2D eigenvalue weighted by Crippen LogP contribution is 2.36. The first kappa shape index (κ1) is 27.2. The van der Waals surface area contributed by atoms with E-state index in [9.17, 15) is 13.2 Å². The molecule has 0 fully saturated rings. The SMILES string of the molecule is COc1ccc(CNC(=O)CCCN(c2cc(Cl)ccc2Oc2ccccc2)S(C)(=O)=O)cc1OC. The molecule has 0 aliphatic heterocycles. The van der Waals surface area contributed by atoms with E-state index in [1.54, 1.807) is 50.6 Å². The Hall–Kier alpha value is -3.43. The Morgan fingerprint density at radius 2 is 1.64 bits per heavy atom. The number of nitrogens with one attached hydrogen (secondary N) is 1. The third kappa shape index (κ3) is 7.53. The molecule has 0 atom stereocenters. The van der Waals surface area contributed by atoms with E-state index in [0.29, 0.717) is 46.7 Å². The number of para-hydroxylation sites is 1. The van der Waals surface area contributed by atoms with Crippen LogP contribution in [-0.4, -0.2) is 41.3 Å². The summed E-state index contributed by atoms with van der Waals surface area (Å²) in [6.07, 6.45) is 1.54. The van der Waals surface area contributed by atoms with Crippen LogP contribution in [-0.2, 0) is 21.4 Å². The zero-order valence-electron chi connectivity index (χ0n) is 20.4. The van der Waals surface area contributed by atoms with Gasteiger partial charge < -0.3 is 19.5 Å². The minimum atomic E-state index is -3.68. The third-order valence-corrected chi connectivity index (χ3v) is 6.68. The van der Waals surface area contributed by atoms with Crippen LogP contribution in [0.4, 0.5) is 5.69 Å². The molecule has 192 valence electrons. The van der Waals surface area contributed by atoms with E-state index in [1.165, 1.54) is 10.4 Å². The summed E-state index contributed by atoms with van der Waals surface area (Å²) in [6, 6.07) is 19.2. The number of benzene rings is 3. The van der Waals surface area contributed by atoms with Gasteiger partial charge in [0.25, 0.3) is 0 Å². The summed E-state index contributed by atoms with van der Waals surface area (Å²) in [5.74, 6) is 1.87. The van der Waals surface area contributed by atoms with E-state index < -0.39 is 10.0 Å². The van der Waals surface area contributed by atoms with Gasteiger partial charge in [-0.25, -0.2) is 8.42 Å². The van der Waals surface area contributed by atoms with Gasteiger partial charge in [0.1, 0.15) is 5.75 Å². The maximum absolute atomic E-state index is 12.7. The molecule has 1 N–H and O–H groups in total. The van der Waals surface area contributed by atoms with E-state index in [2.05, 4.69) is 5.32 Å². The maximum atomic E-state index is 12.7. The number of nitrogens with zero attached hydrogens (tertiary/aromatic N) is 1. The fourth-order valence-corrected chi connectivity index (χ4v) is 4.64. The fraction of sp³-hybridized carbons (Fsp3) is 0.269. The highest BCUT2D eigenvalue weighted by atomic mass is 35.5. The summed E-state index contributed by atoms with van der Waals surface area (Å²) in [6.45, 7) is 0.381. The lowest BCUT2D eigenvalue weighted by molar-refractivity contribution is -0.121. The van der Waals surface area contributed by atoms with Crippen molar-refractivity contribution in [3.05, 3.63) is 77.3 Å². The van der Waals surface area contributed by atoms with Crippen LogP contribution in [0.1, 0.15) is 18.4 Å². The van der Waals surface area contributed by atoms with E-state index in [-0.39, 0.29) is 18.9 Å². The van der Waals surface area contributed by atoms with Gasteiger partial charge in [-0.3, -0.25) is 9.10 Å². The standard InChI is InChI=1S/C26H29ClN2O6S/c1-33-24-13-11-19(16-25(24)34-2)18-28-26(30)10-7-15-29(36(3,31)32)22-17-20(27)12-14-23(22)35-21-8-5-4-6-9-21/h4-6,8-9,11-14,16-17H,7,10,15,18H2,1-3H3,(H,28,30). The number of rotatable bonds is 12. The number of halogens is 1. The van der Waals surface area contributed by atoms with Gasteiger partial charge in [-0.1, -0.05) is 35.9 Å². The second-order valence-corrected chi connectivity index (χ2v) is 10.3. The molecule has 10 heteroatoms. The molecule has 8 nitrogen and oxygen atoms in total. The first-order valence-corrected chi connectivity index (χ1v) is 13.4. The predicted octanol–water partition coefficient (Wildman–Crippen LogP) is 5.01. The Kier molecular flexibility index (Phi) is 9.44. The van der Waals surface area contributed by atoms with Crippen molar-refractivity contribution >= 4 is 33.2 Å². The van der Waals surface area contributed by atoms with E-state index in [1.807, 2.05) is 24.3 Å². The molecule has 0 aromatic heterocycles. The number of ether oxygens (including phenoxy) is 3. The van der Waals surface area contributed by atoms with Gasteiger partial charge in [0.2, 0.25) is 15.9 Å². The number of carbonyl (C=O) groups excluding carboxylic acids is 1. The summed E-state index contributed by atoms with van der Waals surface area (Å²) < 4.78 is 42.9. The van der Waals surface area contributed by atoms with Crippen LogP contribution in [0.5, 0.6) is 23.0 Å². The van der Waals surface area contributed by atoms with Crippen molar-refractivity contribution in [3.63, 3.8) is 0 Å². The highest BCUT2D eigenvalue weighted by Gasteiger charge is 2.22. The molecular formula is C26H29ClN2O6S. The van der Waals surface area contributed by atoms with Gasteiger partial charge >= 0.3 is 0 Å². The van der Waals surface area contributed by atoms with Crippen LogP contribution >= 0.6 is 11.6 Å². The molecule has 0 saturated heterocycles. The Balaban J connectivity index is 1.65. The number of sulfonamides is 1. The molecule has 3 aromatic rings. The molecule has 1 amide bonds. The molecule has 0 heterocycles. The quantitative estimate of drug-likeness (QED) is 0.352. The molecule has 36 heavy (non-hydrogen) atoms. The molecule has 0 radical (unpaired) electrons. The number of amides is 1. The van der Waals surface area contributed by atoms with Crippen molar-refractivity contribution in [2.75, 3.05) is 31.3 Å². The maximum Gasteiger partial charge on any atom is 0.232 e. The lowest BCUT2D eigenvalue weighted by atomic mass is 10.2. The topological polar surface area (TPSA) is 94.2 Å². The van der Waals surface area contributed by atoms with Crippen LogP contribution < -0.4 is 23.8 Å². The zero-order valence-corrected chi connectivity index (χ0v) is 21.9. The fourth-order valence-electron chi connectivity index (χ4n) is 3.52. The van der Waals surface area contributed by atoms with Gasteiger partial charge in [0.15, 0.2) is 17.2 Å². The lowest BCUT2D eigenvalue weighted by Crippen LogP contribution is -2.32. The normalized spacial score (nSPS) is 11.0. The van der Waals surface area contributed by atoms with Crippen molar-refractivity contribution in [3.8, 4) is 23.0 Å². The van der Waals surface area contributed by atoms with Crippen molar-refractivity contribution in [1.29, 1.82) is 0 Å². The van der Waals surface area contributed by atoms with Gasteiger partial charge in [-0.05, 0) is 54.4 Å². The van der Waals surface area contributed by atoms with Crippen molar-refractivity contribution in [1.82, 2.24) is 5.32 Å². The molecule has 0 aliphatic carbocycles. The molecule has 3 aromatic carbocycles. The number of anilines is 1. The van der Waals surface area contributed by atoms with Crippen molar-refractivity contribution in [2.45, 2.75) is 19.4 Å². The van der Waals surface area contributed by atoms with Gasteiger partial charge in [-0.15, -0.1) is 0 Å². The molecule has 0 spiro atoms. The molecule has 0 saturated carbocycles. The van der Waals surface area contributed by atoms with Gasteiger partial charge in [0.05, 0.1) is 26.2 Å². The Morgan fingerprint density at radius 3 is 2.31 bits per heavy atom. The van der Waals surface area contributed by atoms with Crippen LogP contribution in [0, 0.1) is 0 Å². The Morgan fingerprint density at radius 1 is 0.944 bits per heavy atom. The van der Waals surface area contributed by atoms with Crippen molar-refractivity contribution in [2.24, 2.45) is 0 Å². The minimum absolute atomic E-state index is 0.0775. The van der Waals surface area contributed by atoms with Crippen LogP contribution in [0.3, 0.4) is 0 Å². The number of hydrogen-bond donors (Lipinski definition) is 1. The molecule has 0 bridgehead atoms. The summed E-state index contributed by atoms with van der Waals surface area (Å²) in [5, 5.41) is 3.21. The molecule has 3 rings (SSSR count). The first-order chi connectivity index (χ1) is 17.2. The first-order valence-electron chi connectivity index (χ1n) is 11.2. The smallest absolute Gasteiger partial charge is 0.232 e. The highest BCUT2D eigenvalue weighted by molar-refractivity contribution is 7.92. The average molecular weight is 533 g/mol. The monoisotopic (exact) mass is 532 g/mol. The molecule has 0 unspecified atom stereocenters. The second-order valence-electron chi connectivity index (χ2n) is 7.93. The molecular weight excluding hydrogens is 504 g/mol. The number of hydrogen-bond acceptors (Lipinski definition) is 6. The van der Waals surface area contributed by atoms with Crippen LogP contribution in [0.25, 0.3) is 0 Å². The van der Waals surface area contributed by atoms with E-state index in [4.69, 9.17) is 25.8 Å². The van der Waals surface area contributed by atoms with Crippen LogP contribution in [0.2, 0.25) is 5.02 Å². The van der Waals surface area contributed by atoms with E-state index >= 15 is 0 Å². The number of methoxy groups -OCH3 is 2. The molecule has 0 aliphatic rings. The van der Waals surface area contributed by atoms with E-state index in [0.717, 1.165) is 11.8 Å². The number of carbonyl (C=O) groups is 1. The van der Waals surface area contributed by atoms with Crippen molar-refractivity contribution < 1.29 is 27.4 Å². The average Bonchev–Trinajstić information content (AvgIpc) is 2.86. The summed E-state index contributed by atoms with van der Waals surface area (Å²) >= 11 is 6.18. The zero-order chi connectivity index (χ0) is 26.1.